The molecule has 0 aliphatic rings. The fourth-order valence-corrected chi connectivity index (χ4v) is 4.71. The molecule has 1 heterocycles. The highest BCUT2D eigenvalue weighted by molar-refractivity contribution is 9.10. The summed E-state index contributed by atoms with van der Waals surface area (Å²) in [6.07, 6.45) is 0.693. The third-order valence-electron chi connectivity index (χ3n) is 6.39. The van der Waals surface area contributed by atoms with Crippen molar-refractivity contribution in [2.45, 2.75) is 46.6 Å². The Bertz CT molecular complexity index is 1640. The van der Waals surface area contributed by atoms with Crippen LogP contribution in [0.15, 0.2) is 69.0 Å². The molecule has 0 radical (unpaired) electrons. The van der Waals surface area contributed by atoms with Crippen LogP contribution < -0.4 is 15.0 Å². The summed E-state index contributed by atoms with van der Waals surface area (Å²) in [5.41, 5.74) is 3.51. The maximum atomic E-state index is 13.8. The summed E-state index contributed by atoms with van der Waals surface area (Å²) in [5.74, 6) is 1.31. The Hall–Kier alpha value is -3.98. The van der Waals surface area contributed by atoms with Crippen LogP contribution in [0.4, 0.5) is 0 Å². The van der Waals surface area contributed by atoms with Crippen molar-refractivity contribution >= 4 is 39.0 Å². The number of halogens is 1. The van der Waals surface area contributed by atoms with Gasteiger partial charge < -0.3 is 14.2 Å². The van der Waals surface area contributed by atoms with Gasteiger partial charge in [0.2, 0.25) is 0 Å². The number of fused-ring (bicyclic) bond motifs is 1. The van der Waals surface area contributed by atoms with Crippen molar-refractivity contribution in [1.29, 1.82) is 0 Å². The highest BCUT2D eigenvalue weighted by Gasteiger charge is 2.20. The highest BCUT2D eigenvalue weighted by atomic mass is 79.9. The predicted molar refractivity (Wildman–Crippen MR) is 161 cm³/mol. The number of aryl methyl sites for hydroxylation is 1. The van der Waals surface area contributed by atoms with E-state index in [4.69, 9.17) is 19.2 Å². The maximum absolute atomic E-state index is 13.8. The topological polar surface area (TPSA) is 92.0 Å². The van der Waals surface area contributed by atoms with Gasteiger partial charge in [-0.2, -0.15) is 9.78 Å². The van der Waals surface area contributed by atoms with Gasteiger partial charge in [-0.1, -0.05) is 41.9 Å². The first kappa shape index (κ1) is 29.0. The molecule has 0 aliphatic carbocycles. The number of methoxy groups -OCH3 is 1. The van der Waals surface area contributed by atoms with E-state index in [9.17, 15) is 9.59 Å². The number of carbonyl (C=O) groups is 1. The molecule has 0 fully saturated rings. The summed E-state index contributed by atoms with van der Waals surface area (Å²) in [6.45, 7) is 10.3. The number of hydrogen-bond donors (Lipinski definition) is 0. The molecule has 0 amide bonds. The van der Waals surface area contributed by atoms with Crippen molar-refractivity contribution < 1.29 is 19.0 Å². The van der Waals surface area contributed by atoms with Gasteiger partial charge in [0.25, 0.3) is 5.56 Å². The molecule has 0 aliphatic heterocycles. The molecule has 208 valence electrons. The SMILES string of the molecule is CCOc1cc(C)c(-c2nc3ccccc3c(=O)n2N=Cc2cc(Br)ccc2O[C@H](C)C(=O)OC)cc1C(C)C. The lowest BCUT2D eigenvalue weighted by Crippen LogP contribution is -2.25. The number of carbonyl (C=O) groups excluding carboxylic acids is 1. The van der Waals surface area contributed by atoms with Crippen LogP contribution in [0.25, 0.3) is 22.3 Å². The van der Waals surface area contributed by atoms with Gasteiger partial charge in [-0.05, 0) is 80.3 Å². The first-order valence-electron chi connectivity index (χ1n) is 13.0. The molecular formula is C31H32BrN3O5. The molecule has 4 aromatic rings. The smallest absolute Gasteiger partial charge is 0.346 e. The van der Waals surface area contributed by atoms with Crippen LogP contribution in [0.1, 0.15) is 50.3 Å². The Kier molecular flexibility index (Phi) is 9.04. The zero-order valence-electron chi connectivity index (χ0n) is 23.4. The lowest BCUT2D eigenvalue weighted by Gasteiger charge is -2.18. The molecule has 0 spiro atoms. The summed E-state index contributed by atoms with van der Waals surface area (Å²) in [7, 11) is 1.31. The minimum atomic E-state index is -0.833. The van der Waals surface area contributed by atoms with Gasteiger partial charge in [0.1, 0.15) is 11.5 Å². The summed E-state index contributed by atoms with van der Waals surface area (Å²) in [5, 5.41) is 5.06. The number of para-hydroxylation sites is 1. The lowest BCUT2D eigenvalue weighted by atomic mass is 9.96. The van der Waals surface area contributed by atoms with Gasteiger partial charge in [0, 0.05) is 15.6 Å². The molecule has 40 heavy (non-hydrogen) atoms. The van der Waals surface area contributed by atoms with E-state index >= 15 is 0 Å². The Labute approximate surface area is 241 Å². The van der Waals surface area contributed by atoms with Crippen molar-refractivity contribution in [1.82, 2.24) is 9.66 Å². The van der Waals surface area contributed by atoms with Gasteiger partial charge >= 0.3 is 5.97 Å². The third-order valence-corrected chi connectivity index (χ3v) is 6.89. The number of ether oxygens (including phenoxy) is 3. The molecule has 3 aromatic carbocycles. The van der Waals surface area contributed by atoms with E-state index in [1.165, 1.54) is 18.0 Å². The Balaban J connectivity index is 1.92. The van der Waals surface area contributed by atoms with Crippen LogP contribution in [0.5, 0.6) is 11.5 Å². The molecular weight excluding hydrogens is 574 g/mol. The van der Waals surface area contributed by atoms with E-state index < -0.39 is 12.1 Å². The first-order chi connectivity index (χ1) is 19.1. The first-order valence-corrected chi connectivity index (χ1v) is 13.8. The molecule has 0 N–H and O–H groups in total. The van der Waals surface area contributed by atoms with Crippen LogP contribution >= 0.6 is 15.9 Å². The molecule has 1 atom stereocenters. The van der Waals surface area contributed by atoms with Crippen LogP contribution in [0.3, 0.4) is 0 Å². The van der Waals surface area contributed by atoms with E-state index in [-0.39, 0.29) is 11.5 Å². The Morgan fingerprint density at radius 2 is 1.85 bits per heavy atom. The van der Waals surface area contributed by atoms with Crippen molar-refractivity contribution in [2.75, 3.05) is 13.7 Å². The molecule has 0 bridgehead atoms. The quantitative estimate of drug-likeness (QED) is 0.160. The molecule has 4 rings (SSSR count). The molecule has 1 aromatic heterocycles. The number of hydrogen-bond acceptors (Lipinski definition) is 7. The summed E-state index contributed by atoms with van der Waals surface area (Å²) >= 11 is 3.48. The van der Waals surface area contributed by atoms with Gasteiger partial charge in [-0.3, -0.25) is 4.79 Å². The maximum Gasteiger partial charge on any atom is 0.346 e. The summed E-state index contributed by atoms with van der Waals surface area (Å²) in [4.78, 5) is 30.6. The van der Waals surface area contributed by atoms with E-state index in [1.807, 2.05) is 38.1 Å². The monoisotopic (exact) mass is 605 g/mol. The van der Waals surface area contributed by atoms with Crippen molar-refractivity contribution in [3.63, 3.8) is 0 Å². The summed E-state index contributed by atoms with van der Waals surface area (Å²) < 4.78 is 18.6. The zero-order chi connectivity index (χ0) is 29.0. The number of rotatable bonds is 9. The van der Waals surface area contributed by atoms with Gasteiger partial charge in [0.05, 0.1) is 30.8 Å². The standard InChI is InChI=1S/C31H32BrN3O5/c1-7-39-28-14-19(4)25(16-24(28)18(2)3)29-34-26-11-9-8-10-23(26)30(36)35(29)33-17-21-15-22(32)12-13-27(21)40-20(5)31(37)38-6/h8-18,20H,7H2,1-6H3/t20-/m1/s1. The van der Waals surface area contributed by atoms with Crippen molar-refractivity contribution in [2.24, 2.45) is 5.10 Å². The van der Waals surface area contributed by atoms with Gasteiger partial charge in [0.15, 0.2) is 11.9 Å². The van der Waals surface area contributed by atoms with Crippen LogP contribution in [-0.2, 0) is 9.53 Å². The van der Waals surface area contributed by atoms with Crippen LogP contribution in [0, 0.1) is 6.92 Å². The molecule has 8 nitrogen and oxygen atoms in total. The van der Waals surface area contributed by atoms with E-state index in [0.29, 0.717) is 34.6 Å². The van der Waals surface area contributed by atoms with Gasteiger partial charge in [-0.25, -0.2) is 9.78 Å². The molecule has 0 saturated heterocycles. The average Bonchev–Trinajstić information content (AvgIpc) is 2.93. The number of aromatic nitrogens is 2. The van der Waals surface area contributed by atoms with E-state index in [1.54, 1.807) is 37.3 Å². The lowest BCUT2D eigenvalue weighted by molar-refractivity contribution is -0.147. The zero-order valence-corrected chi connectivity index (χ0v) is 25.0. The van der Waals surface area contributed by atoms with E-state index in [0.717, 1.165) is 26.9 Å². The Morgan fingerprint density at radius 1 is 1.10 bits per heavy atom. The highest BCUT2D eigenvalue weighted by Crippen LogP contribution is 2.34. The number of nitrogens with zero attached hydrogens (tertiary/aromatic N) is 3. The normalized spacial score (nSPS) is 12.2. The molecule has 0 unspecified atom stereocenters. The third kappa shape index (κ3) is 6.09. The largest absolute Gasteiger partial charge is 0.494 e. The molecule has 9 heteroatoms. The van der Waals surface area contributed by atoms with Crippen molar-refractivity contribution in [3.05, 3.63) is 86.1 Å². The minimum absolute atomic E-state index is 0.184. The Morgan fingerprint density at radius 3 is 2.55 bits per heavy atom. The minimum Gasteiger partial charge on any atom is -0.494 e. The second-order valence-electron chi connectivity index (χ2n) is 9.57. The van der Waals surface area contributed by atoms with Gasteiger partial charge in [-0.15, -0.1) is 0 Å². The van der Waals surface area contributed by atoms with E-state index in [2.05, 4.69) is 34.9 Å². The van der Waals surface area contributed by atoms with Crippen molar-refractivity contribution in [3.8, 4) is 22.9 Å². The summed E-state index contributed by atoms with van der Waals surface area (Å²) in [6, 6.07) is 16.5. The number of esters is 1. The second kappa shape index (κ2) is 12.5. The number of benzene rings is 3. The average molecular weight is 607 g/mol. The fraction of sp³-hybridized carbons (Fsp3) is 0.290. The predicted octanol–water partition coefficient (Wildman–Crippen LogP) is 6.48. The van der Waals surface area contributed by atoms with Crippen LogP contribution in [0.2, 0.25) is 0 Å². The fourth-order valence-electron chi connectivity index (χ4n) is 4.33. The second-order valence-corrected chi connectivity index (χ2v) is 10.5. The molecule has 0 saturated carbocycles. The van der Waals surface area contributed by atoms with Crippen LogP contribution in [-0.4, -0.2) is 41.7 Å².